The van der Waals surface area contributed by atoms with Crippen molar-refractivity contribution in [2.24, 2.45) is 5.92 Å². The van der Waals surface area contributed by atoms with E-state index in [0.717, 1.165) is 25.8 Å². The zero-order valence-electron chi connectivity index (χ0n) is 12.2. The third kappa shape index (κ3) is 4.77. The molecule has 0 aliphatic rings. The van der Waals surface area contributed by atoms with Gasteiger partial charge in [-0.2, -0.15) is 0 Å². The Kier molecular flexibility index (Phi) is 7.40. The highest BCUT2D eigenvalue weighted by molar-refractivity contribution is 6.31. The Bertz CT molecular complexity index is 357. The molecule has 1 atom stereocenters. The molecule has 1 unspecified atom stereocenters. The van der Waals surface area contributed by atoms with Crippen LogP contribution in [0.5, 0.6) is 0 Å². The second-order valence-corrected chi connectivity index (χ2v) is 5.45. The molecule has 3 heteroatoms. The fraction of sp³-hybridized carbons (Fsp3) is 0.625. The molecule has 108 valence electrons. The molecule has 0 aliphatic carbocycles. The fourth-order valence-electron chi connectivity index (χ4n) is 2.54. The van der Waals surface area contributed by atoms with E-state index >= 15 is 0 Å². The smallest absolute Gasteiger partial charge is 0.127 e. The van der Waals surface area contributed by atoms with E-state index in [-0.39, 0.29) is 5.82 Å². The van der Waals surface area contributed by atoms with Gasteiger partial charge in [-0.05, 0) is 37.4 Å². The summed E-state index contributed by atoms with van der Waals surface area (Å²) in [7, 11) is 0. The van der Waals surface area contributed by atoms with Crippen molar-refractivity contribution in [3.63, 3.8) is 0 Å². The number of nitrogens with one attached hydrogen (secondary N) is 1. The summed E-state index contributed by atoms with van der Waals surface area (Å²) >= 11 is 6.13. The van der Waals surface area contributed by atoms with E-state index in [9.17, 15) is 4.39 Å². The number of halogens is 2. The van der Waals surface area contributed by atoms with Crippen LogP contribution in [0.4, 0.5) is 4.39 Å². The maximum Gasteiger partial charge on any atom is 0.127 e. The number of hydrogen-bond acceptors (Lipinski definition) is 1. The molecule has 1 rings (SSSR count). The molecule has 1 N–H and O–H groups in total. The van der Waals surface area contributed by atoms with E-state index < -0.39 is 0 Å². The average Bonchev–Trinajstić information content (AvgIpc) is 2.40. The van der Waals surface area contributed by atoms with Crippen LogP contribution in [0.3, 0.4) is 0 Å². The van der Waals surface area contributed by atoms with Crippen molar-refractivity contribution in [3.8, 4) is 0 Å². The topological polar surface area (TPSA) is 12.0 Å². The van der Waals surface area contributed by atoms with E-state index in [1.165, 1.54) is 6.07 Å². The predicted molar refractivity (Wildman–Crippen MR) is 81.3 cm³/mol. The first kappa shape index (κ1) is 16.5. The summed E-state index contributed by atoms with van der Waals surface area (Å²) in [4.78, 5) is 0. The summed E-state index contributed by atoms with van der Waals surface area (Å²) in [5, 5.41) is 4.09. The molecular weight excluding hydrogens is 261 g/mol. The Morgan fingerprint density at radius 2 is 1.89 bits per heavy atom. The highest BCUT2D eigenvalue weighted by Gasteiger charge is 2.20. The summed E-state index contributed by atoms with van der Waals surface area (Å²) in [5.41, 5.74) is 0.643. The lowest BCUT2D eigenvalue weighted by atomic mass is 9.89. The highest BCUT2D eigenvalue weighted by Crippen LogP contribution is 2.24. The minimum atomic E-state index is -0.193. The van der Waals surface area contributed by atoms with Gasteiger partial charge in [-0.3, -0.25) is 0 Å². The van der Waals surface area contributed by atoms with E-state index in [0.29, 0.717) is 29.0 Å². The molecule has 0 radical (unpaired) electrons. The molecule has 0 bridgehead atoms. The molecule has 0 aliphatic heterocycles. The van der Waals surface area contributed by atoms with Crippen molar-refractivity contribution in [1.29, 1.82) is 0 Å². The molecule has 1 aromatic rings. The molecule has 0 saturated heterocycles. The van der Waals surface area contributed by atoms with E-state index in [4.69, 9.17) is 11.6 Å². The molecule has 1 nitrogen and oxygen atoms in total. The standard InChI is InChI=1S/C16H25ClFN/c1-4-10-19-16(12(5-2)6-3)11-13-14(17)8-7-9-15(13)18/h7-9,12,16,19H,4-6,10-11H2,1-3H3. The van der Waals surface area contributed by atoms with E-state index in [2.05, 4.69) is 26.1 Å². The minimum absolute atomic E-state index is 0.193. The molecule has 0 heterocycles. The lowest BCUT2D eigenvalue weighted by molar-refractivity contribution is 0.329. The van der Waals surface area contributed by atoms with Crippen LogP contribution in [0.1, 0.15) is 45.6 Å². The monoisotopic (exact) mass is 285 g/mol. The van der Waals surface area contributed by atoms with Crippen molar-refractivity contribution >= 4 is 11.6 Å². The summed E-state index contributed by atoms with van der Waals surface area (Å²) in [6.45, 7) is 7.50. The van der Waals surface area contributed by atoms with Crippen LogP contribution in [-0.2, 0) is 6.42 Å². The van der Waals surface area contributed by atoms with Crippen LogP contribution in [0.25, 0.3) is 0 Å². The van der Waals surface area contributed by atoms with Crippen molar-refractivity contribution in [1.82, 2.24) is 5.32 Å². The molecule has 1 aromatic carbocycles. The van der Waals surface area contributed by atoms with Crippen molar-refractivity contribution in [2.45, 2.75) is 52.5 Å². The van der Waals surface area contributed by atoms with Gasteiger partial charge in [0.2, 0.25) is 0 Å². The Labute approximate surface area is 121 Å². The number of hydrogen-bond donors (Lipinski definition) is 1. The maximum atomic E-state index is 13.9. The van der Waals surface area contributed by atoms with Gasteiger partial charge in [-0.1, -0.05) is 51.3 Å². The third-order valence-corrected chi connectivity index (χ3v) is 4.11. The Morgan fingerprint density at radius 3 is 2.42 bits per heavy atom. The fourth-order valence-corrected chi connectivity index (χ4v) is 2.78. The highest BCUT2D eigenvalue weighted by atomic mass is 35.5. The zero-order valence-corrected chi connectivity index (χ0v) is 12.9. The third-order valence-electron chi connectivity index (χ3n) is 3.76. The van der Waals surface area contributed by atoms with Gasteiger partial charge in [-0.25, -0.2) is 4.39 Å². The van der Waals surface area contributed by atoms with Crippen molar-refractivity contribution in [2.75, 3.05) is 6.54 Å². The zero-order chi connectivity index (χ0) is 14.3. The molecule has 19 heavy (non-hydrogen) atoms. The second kappa shape index (κ2) is 8.55. The van der Waals surface area contributed by atoms with Gasteiger partial charge >= 0.3 is 0 Å². The van der Waals surface area contributed by atoms with Gasteiger partial charge in [-0.15, -0.1) is 0 Å². The van der Waals surface area contributed by atoms with E-state index in [1.54, 1.807) is 12.1 Å². The minimum Gasteiger partial charge on any atom is -0.313 e. The maximum absolute atomic E-state index is 13.9. The van der Waals surface area contributed by atoms with Gasteiger partial charge < -0.3 is 5.32 Å². The van der Waals surface area contributed by atoms with Gasteiger partial charge in [0, 0.05) is 16.6 Å². The normalized spacial score (nSPS) is 12.9. The Morgan fingerprint density at radius 1 is 1.21 bits per heavy atom. The summed E-state index contributed by atoms with van der Waals surface area (Å²) in [6, 6.07) is 5.21. The largest absolute Gasteiger partial charge is 0.313 e. The lowest BCUT2D eigenvalue weighted by Crippen LogP contribution is -2.38. The van der Waals surface area contributed by atoms with Gasteiger partial charge in [0.05, 0.1) is 0 Å². The van der Waals surface area contributed by atoms with Crippen LogP contribution in [-0.4, -0.2) is 12.6 Å². The molecule has 0 amide bonds. The quantitative estimate of drug-likeness (QED) is 0.722. The Hall–Kier alpha value is -0.600. The number of rotatable bonds is 8. The summed E-state index contributed by atoms with van der Waals surface area (Å²) < 4.78 is 13.9. The lowest BCUT2D eigenvalue weighted by Gasteiger charge is -2.27. The Balaban J connectivity index is 2.86. The predicted octanol–water partition coefficient (Wildman–Crippen LogP) is 4.83. The first-order valence-corrected chi connectivity index (χ1v) is 7.68. The summed E-state index contributed by atoms with van der Waals surface area (Å²) in [6.07, 6.45) is 3.95. The molecule has 0 saturated carbocycles. The van der Waals surface area contributed by atoms with Crippen LogP contribution in [0.15, 0.2) is 18.2 Å². The molecule has 0 aromatic heterocycles. The molecule has 0 fully saturated rings. The average molecular weight is 286 g/mol. The summed E-state index contributed by atoms with van der Waals surface area (Å²) in [5.74, 6) is 0.365. The van der Waals surface area contributed by atoms with E-state index in [1.807, 2.05) is 0 Å². The molecular formula is C16H25ClFN. The molecule has 0 spiro atoms. The van der Waals surface area contributed by atoms with Crippen molar-refractivity contribution < 1.29 is 4.39 Å². The van der Waals surface area contributed by atoms with Gasteiger partial charge in [0.1, 0.15) is 5.82 Å². The van der Waals surface area contributed by atoms with Gasteiger partial charge in [0.15, 0.2) is 0 Å². The van der Waals surface area contributed by atoms with Crippen LogP contribution < -0.4 is 5.32 Å². The van der Waals surface area contributed by atoms with Crippen molar-refractivity contribution in [3.05, 3.63) is 34.6 Å². The number of benzene rings is 1. The van der Waals surface area contributed by atoms with Gasteiger partial charge in [0.25, 0.3) is 0 Å². The first-order chi connectivity index (χ1) is 9.13. The SMILES string of the molecule is CCCNC(Cc1c(F)cccc1Cl)C(CC)CC. The second-order valence-electron chi connectivity index (χ2n) is 5.04. The van der Waals surface area contributed by atoms with Crippen LogP contribution in [0.2, 0.25) is 5.02 Å². The van der Waals surface area contributed by atoms with Crippen LogP contribution in [0, 0.1) is 11.7 Å². The van der Waals surface area contributed by atoms with Crippen LogP contribution >= 0.6 is 11.6 Å². The first-order valence-electron chi connectivity index (χ1n) is 7.30.